The Bertz CT molecular complexity index is 2570. The predicted molar refractivity (Wildman–Crippen MR) is 250 cm³/mol. The zero-order valence-corrected chi connectivity index (χ0v) is 37.3. The second kappa shape index (κ2) is 21.6. The number of aryl methyl sites for hydroxylation is 1. The molecule has 4 aromatic heterocycles. The monoisotopic (exact) mass is 863 g/mol. The van der Waals surface area contributed by atoms with Gasteiger partial charge in [-0.2, -0.15) is 5.10 Å². The fourth-order valence-corrected chi connectivity index (χ4v) is 8.34. The fourth-order valence-electron chi connectivity index (χ4n) is 8.34. The number of likely N-dealkylation sites (tertiary alicyclic amines) is 1. The molecule has 0 bridgehead atoms. The van der Waals surface area contributed by atoms with Gasteiger partial charge in [0.05, 0.1) is 29.2 Å². The number of carbonyl (C=O) groups is 2. The number of pyridine rings is 1. The van der Waals surface area contributed by atoms with Gasteiger partial charge in [-0.1, -0.05) is 51.3 Å². The van der Waals surface area contributed by atoms with E-state index in [1.165, 1.54) is 18.6 Å². The van der Waals surface area contributed by atoms with Crippen LogP contribution in [-0.4, -0.2) is 72.1 Å². The molecule has 3 atom stereocenters. The topological polar surface area (TPSA) is 143 Å². The maximum Gasteiger partial charge on any atom is 0.245 e. The van der Waals surface area contributed by atoms with Gasteiger partial charge in [0.15, 0.2) is 5.82 Å². The van der Waals surface area contributed by atoms with Crippen molar-refractivity contribution in [2.45, 2.75) is 83.8 Å². The summed E-state index contributed by atoms with van der Waals surface area (Å²) in [6.45, 7) is 6.55. The van der Waals surface area contributed by atoms with Crippen LogP contribution in [-0.2, 0) is 16.6 Å². The van der Waals surface area contributed by atoms with E-state index in [1.54, 1.807) is 30.1 Å². The van der Waals surface area contributed by atoms with Crippen LogP contribution in [0.2, 0.25) is 0 Å². The van der Waals surface area contributed by atoms with E-state index in [9.17, 15) is 14.0 Å². The van der Waals surface area contributed by atoms with Crippen LogP contribution in [0.5, 0.6) is 11.5 Å². The van der Waals surface area contributed by atoms with Crippen molar-refractivity contribution in [1.29, 1.82) is 0 Å². The maximum atomic E-state index is 14.0. The molecule has 9 rings (SSSR count). The first kappa shape index (κ1) is 45.3. The lowest BCUT2D eigenvalue weighted by Crippen LogP contribution is -2.55. The van der Waals surface area contributed by atoms with E-state index in [-0.39, 0.29) is 35.6 Å². The SMILES string of the molecule is CC.CNC(C)C(=O)NC(C(=O)N1CCCC1c1ccnc(-c2cc3ccccc3[nH]2)c1)C1CCCCC1.Cn1ccc(-c2nccc(-c3ccc(Oc4ccc(F)cc4)cc3)n2)n1. The van der Waals surface area contributed by atoms with Crippen molar-refractivity contribution in [3.8, 4) is 45.7 Å². The zero-order valence-electron chi connectivity index (χ0n) is 37.3. The lowest BCUT2D eigenvalue weighted by Gasteiger charge is -2.35. The number of benzene rings is 3. The summed E-state index contributed by atoms with van der Waals surface area (Å²) < 4.78 is 20.4. The fraction of sp³-hybridized carbons (Fsp3) is 0.333. The zero-order chi connectivity index (χ0) is 45.0. The average Bonchev–Trinajstić information content (AvgIpc) is 4.13. The van der Waals surface area contributed by atoms with Crippen molar-refractivity contribution >= 4 is 22.7 Å². The Balaban J connectivity index is 0.000000193. The molecular weight excluding hydrogens is 806 g/mol. The number of aromatic nitrogens is 6. The van der Waals surface area contributed by atoms with Gasteiger partial charge in [-0.15, -0.1) is 0 Å². The van der Waals surface area contributed by atoms with Gasteiger partial charge in [0.25, 0.3) is 0 Å². The number of ether oxygens (including phenoxy) is 1. The van der Waals surface area contributed by atoms with E-state index in [1.807, 2.05) is 99.7 Å². The molecule has 7 aromatic rings. The molecule has 5 heterocycles. The molecule has 3 N–H and O–H groups in total. The second-order valence-electron chi connectivity index (χ2n) is 16.0. The molecule has 1 aliphatic heterocycles. The molecule has 3 unspecified atom stereocenters. The Hall–Kier alpha value is -6.73. The molecule has 64 heavy (non-hydrogen) atoms. The first-order valence-electron chi connectivity index (χ1n) is 22.4. The number of hydrogen-bond acceptors (Lipinski definition) is 8. The minimum atomic E-state index is -0.468. The molecule has 13 heteroatoms. The minimum Gasteiger partial charge on any atom is -0.457 e. The summed E-state index contributed by atoms with van der Waals surface area (Å²) in [6, 6.07) is 30.8. The lowest BCUT2D eigenvalue weighted by molar-refractivity contribution is -0.139. The van der Waals surface area contributed by atoms with Gasteiger partial charge < -0.3 is 25.3 Å². The summed E-state index contributed by atoms with van der Waals surface area (Å²) in [5.74, 6) is 1.68. The van der Waals surface area contributed by atoms with E-state index in [2.05, 4.69) is 59.9 Å². The Labute approximate surface area is 374 Å². The number of aromatic amines is 1. The van der Waals surface area contributed by atoms with Crippen molar-refractivity contribution in [3.05, 3.63) is 133 Å². The first-order chi connectivity index (χ1) is 31.2. The van der Waals surface area contributed by atoms with Gasteiger partial charge in [0.2, 0.25) is 11.8 Å². The van der Waals surface area contributed by atoms with Crippen molar-refractivity contribution in [2.75, 3.05) is 13.6 Å². The summed E-state index contributed by atoms with van der Waals surface area (Å²) in [5, 5.41) is 11.6. The van der Waals surface area contributed by atoms with Crippen LogP contribution < -0.4 is 15.4 Å². The maximum absolute atomic E-state index is 14.0. The summed E-state index contributed by atoms with van der Waals surface area (Å²) in [4.78, 5) is 45.8. The largest absolute Gasteiger partial charge is 0.457 e. The summed E-state index contributed by atoms with van der Waals surface area (Å²) in [7, 11) is 3.62. The van der Waals surface area contributed by atoms with E-state index in [0.717, 1.165) is 83.3 Å². The molecule has 0 spiro atoms. The number of H-pyrrole nitrogens is 1. The molecule has 12 nitrogen and oxygen atoms in total. The third kappa shape index (κ3) is 11.1. The average molecular weight is 864 g/mol. The highest BCUT2D eigenvalue weighted by atomic mass is 19.1. The quantitative estimate of drug-likeness (QED) is 0.117. The summed E-state index contributed by atoms with van der Waals surface area (Å²) >= 11 is 0. The van der Waals surface area contributed by atoms with Gasteiger partial charge in [0.1, 0.15) is 29.1 Å². The highest BCUT2D eigenvalue weighted by molar-refractivity contribution is 5.90. The molecule has 1 aliphatic carbocycles. The van der Waals surface area contributed by atoms with E-state index >= 15 is 0 Å². The Kier molecular flexibility index (Phi) is 15.3. The third-order valence-electron chi connectivity index (χ3n) is 11.8. The Morgan fingerprint density at radius 2 is 1.53 bits per heavy atom. The molecule has 0 radical (unpaired) electrons. The number of nitrogens with one attached hydrogen (secondary N) is 3. The number of fused-ring (bicyclic) bond motifs is 1. The molecular formula is C51H58FN9O3. The second-order valence-corrected chi connectivity index (χ2v) is 16.0. The van der Waals surface area contributed by atoms with E-state index in [0.29, 0.717) is 23.9 Å². The molecule has 2 fully saturated rings. The molecule has 1 saturated heterocycles. The van der Waals surface area contributed by atoms with Crippen LogP contribution in [0.25, 0.3) is 45.1 Å². The smallest absolute Gasteiger partial charge is 0.245 e. The van der Waals surface area contributed by atoms with Gasteiger partial charge in [-0.25, -0.2) is 14.4 Å². The van der Waals surface area contributed by atoms with Gasteiger partial charge in [0, 0.05) is 48.6 Å². The van der Waals surface area contributed by atoms with Crippen LogP contribution in [0.4, 0.5) is 4.39 Å². The van der Waals surface area contributed by atoms with Crippen molar-refractivity contribution in [3.63, 3.8) is 0 Å². The number of para-hydroxylation sites is 1. The number of rotatable bonds is 11. The normalized spacial score (nSPS) is 15.9. The standard InChI is InChI=1S/C29H37N5O2.C20H15FN4O.C2H6/c1-19(30-2)28(35)33-27(20-9-4-3-5-10-20)29(36)34-16-8-13-26(34)22-14-15-31-24(18-22)25-17-21-11-6-7-12-23(21)32-25;1-25-13-11-19(24-25)20-22-12-10-18(23-20)14-2-6-16(7-3-14)26-17-8-4-15(21)5-9-17;1-2/h6-7,11-12,14-15,17-20,26-27,30,32H,3-5,8-10,13,16H2,1-2H3,(H,33,35);2-13H,1H3;1-2H3. The first-order valence-corrected chi connectivity index (χ1v) is 22.4. The van der Waals surface area contributed by atoms with E-state index < -0.39 is 6.04 Å². The molecule has 2 amide bonds. The highest BCUT2D eigenvalue weighted by Crippen LogP contribution is 2.36. The van der Waals surface area contributed by atoms with Crippen LogP contribution in [0, 0.1) is 11.7 Å². The van der Waals surface area contributed by atoms with E-state index in [4.69, 9.17) is 4.74 Å². The summed E-state index contributed by atoms with van der Waals surface area (Å²) in [6.07, 6.45) is 12.7. The van der Waals surface area contributed by atoms with Gasteiger partial charge in [-0.3, -0.25) is 19.3 Å². The number of amides is 2. The lowest BCUT2D eigenvalue weighted by atomic mass is 9.83. The molecule has 2 aliphatic rings. The number of carbonyl (C=O) groups excluding carboxylic acids is 2. The molecule has 332 valence electrons. The van der Waals surface area contributed by atoms with Crippen molar-refractivity contribution in [1.82, 2.24) is 45.2 Å². The van der Waals surface area contributed by atoms with Crippen molar-refractivity contribution < 1.29 is 18.7 Å². The Morgan fingerprint density at radius 3 is 2.23 bits per heavy atom. The van der Waals surface area contributed by atoms with Crippen molar-refractivity contribution in [2.24, 2.45) is 13.0 Å². The third-order valence-corrected chi connectivity index (χ3v) is 11.8. The number of nitrogens with zero attached hydrogens (tertiary/aromatic N) is 6. The Morgan fingerprint density at radius 1 is 0.812 bits per heavy atom. The number of hydrogen-bond donors (Lipinski definition) is 3. The van der Waals surface area contributed by atoms with Gasteiger partial charge in [-0.05, 0) is 136 Å². The molecule has 3 aromatic carbocycles. The van der Waals surface area contributed by atoms with Crippen LogP contribution in [0.15, 0.2) is 122 Å². The minimum absolute atomic E-state index is 0.00616. The molecule has 1 saturated carbocycles. The van der Waals surface area contributed by atoms with Gasteiger partial charge >= 0.3 is 0 Å². The number of likely N-dealkylation sites (N-methyl/N-ethyl adjacent to an activating group) is 1. The van der Waals surface area contributed by atoms with Crippen LogP contribution in [0.3, 0.4) is 0 Å². The highest BCUT2D eigenvalue weighted by Gasteiger charge is 2.39. The number of halogens is 1. The van der Waals surface area contributed by atoms with Crippen LogP contribution in [0.1, 0.15) is 77.3 Å². The predicted octanol–water partition coefficient (Wildman–Crippen LogP) is 10.1. The summed E-state index contributed by atoms with van der Waals surface area (Å²) in [5.41, 5.74) is 6.50. The van der Waals surface area contributed by atoms with Crippen LogP contribution >= 0.6 is 0 Å².